The molecule has 6 aromatic heterocycles. The maximum atomic E-state index is 12.2. The molecule has 0 radical (unpaired) electrons. The number of hydrogen-bond acceptors (Lipinski definition) is 4. The number of rotatable bonds is 3. The Hall–Kier alpha value is -8.76. The van der Waals surface area contributed by atoms with Crippen molar-refractivity contribution in [1.29, 1.82) is 5.26 Å². The van der Waals surface area contributed by atoms with Crippen LogP contribution in [0.15, 0.2) is 188 Å². The van der Waals surface area contributed by atoms with Gasteiger partial charge in [0.1, 0.15) is 6.07 Å². The van der Waals surface area contributed by atoms with E-state index in [1.54, 1.807) is 34.0 Å². The first-order chi connectivity index (χ1) is 34.7. The van der Waals surface area contributed by atoms with Gasteiger partial charge in [0.05, 0.1) is 62.3 Å². The summed E-state index contributed by atoms with van der Waals surface area (Å²) in [6.45, 7) is 9.53. The minimum atomic E-state index is 0.408. The van der Waals surface area contributed by atoms with Gasteiger partial charge in [-0.1, -0.05) is 127 Å². The molecule has 16 rings (SSSR count). The number of nitrogens with zero attached hydrogens (tertiary/aromatic N) is 5. The van der Waals surface area contributed by atoms with Gasteiger partial charge in [-0.05, 0) is 60.7 Å². The van der Waals surface area contributed by atoms with E-state index in [9.17, 15) is 11.8 Å². The predicted molar refractivity (Wildman–Crippen MR) is 299 cm³/mol. The van der Waals surface area contributed by atoms with Crippen LogP contribution < -0.4 is 0 Å². The van der Waals surface area contributed by atoms with Crippen LogP contribution in [0.4, 0.5) is 5.69 Å². The van der Waals surface area contributed by atoms with E-state index in [2.05, 4.69) is 213 Å². The average molecular weight is 942 g/mol. The van der Waals surface area contributed by atoms with Gasteiger partial charge in [0.25, 0.3) is 0 Å². The molecule has 0 saturated heterocycles. The van der Waals surface area contributed by atoms with Crippen LogP contribution in [0.5, 0.6) is 0 Å². The second-order valence-corrected chi connectivity index (χ2v) is 21.3. The monoisotopic (exact) mass is 941 g/mol. The summed E-state index contributed by atoms with van der Waals surface area (Å²) < 4.78 is 14.1. The first kappa shape index (κ1) is 38.2. The van der Waals surface area contributed by atoms with Crippen LogP contribution in [0.1, 0.15) is 5.56 Å². The van der Waals surface area contributed by atoms with Gasteiger partial charge in [-0.25, -0.2) is 4.85 Å². The lowest BCUT2D eigenvalue weighted by Crippen LogP contribution is -2.08. The van der Waals surface area contributed by atoms with Crippen molar-refractivity contribution in [3.05, 3.63) is 205 Å². The summed E-state index contributed by atoms with van der Waals surface area (Å²) in [5.41, 5.74) is 8.84. The highest BCUT2D eigenvalue weighted by atomic mass is 32.1. The molecule has 0 aliphatic carbocycles. The van der Waals surface area contributed by atoms with Crippen molar-refractivity contribution in [2.24, 2.45) is 0 Å². The zero-order chi connectivity index (χ0) is 45.9. The summed E-state index contributed by atoms with van der Waals surface area (Å²) in [5.74, 6) is 0. The first-order valence-electron chi connectivity index (χ1n) is 23.2. The quantitative estimate of drug-likeness (QED) is 0.163. The van der Waals surface area contributed by atoms with Gasteiger partial charge in [0.2, 0.25) is 5.69 Å². The van der Waals surface area contributed by atoms with Crippen molar-refractivity contribution < 1.29 is 0 Å². The number of aromatic nitrogens is 3. The van der Waals surface area contributed by atoms with Crippen molar-refractivity contribution in [2.45, 2.75) is 0 Å². The van der Waals surface area contributed by atoms with Gasteiger partial charge in [0.15, 0.2) is 0 Å². The molecule has 0 atom stereocenters. The van der Waals surface area contributed by atoms with Crippen molar-refractivity contribution in [1.82, 2.24) is 13.7 Å². The minimum Gasteiger partial charge on any atom is -0.318 e. The third kappa shape index (κ3) is 4.82. The van der Waals surface area contributed by atoms with Crippen LogP contribution >= 0.6 is 34.0 Å². The summed E-state index contributed by atoms with van der Waals surface area (Å²) in [4.78, 5) is 4.66. The fourth-order valence-corrected chi connectivity index (χ4v) is 15.3. The molecule has 0 aliphatic rings. The fraction of sp³-hybridized carbons (Fsp3) is 0. The van der Waals surface area contributed by atoms with Gasteiger partial charge >= 0.3 is 0 Å². The summed E-state index contributed by atoms with van der Waals surface area (Å²) in [5, 5.41) is 25.7. The van der Waals surface area contributed by atoms with Crippen molar-refractivity contribution in [3.63, 3.8) is 0 Å². The summed E-state index contributed by atoms with van der Waals surface area (Å²) in [7, 11) is 0. The van der Waals surface area contributed by atoms with Crippen molar-refractivity contribution in [3.8, 4) is 23.1 Å². The Morgan fingerprint density at radius 2 is 0.729 bits per heavy atom. The fourth-order valence-electron chi connectivity index (χ4n) is 11.9. The lowest BCUT2D eigenvalue weighted by Gasteiger charge is -2.22. The molecule has 0 unspecified atom stereocenters. The lowest BCUT2D eigenvalue weighted by atomic mass is 10.0. The molecule has 6 heterocycles. The van der Waals surface area contributed by atoms with Crippen molar-refractivity contribution >= 4 is 166 Å². The number of para-hydroxylation sites is 3. The Balaban J connectivity index is 1.19. The standard InChI is InChI=1S/C62H31N5S3/c1-64-58-48(66-45-21-9-3-15-35(45)38-27-30-53-56(60(38)66)41-18-6-12-24-50(41)69-53)32-47(65-44-20-8-2-14-34(44)37-26-29-52-55(59(37)65)40-17-5-11-23-49(40)68-52)43(33-63)62(58)67-46-22-10-4-16-36(46)39-28-31-54-57(61(39)67)42-19-7-13-25-51(42)70-54/h2-32H. The van der Waals surface area contributed by atoms with E-state index < -0.39 is 0 Å². The van der Waals surface area contributed by atoms with Crippen molar-refractivity contribution in [2.75, 3.05) is 0 Å². The van der Waals surface area contributed by atoms with E-state index in [1.165, 1.54) is 34.3 Å². The molecule has 10 aromatic carbocycles. The van der Waals surface area contributed by atoms with E-state index in [-0.39, 0.29) is 0 Å². The molecule has 0 amide bonds. The zero-order valence-electron chi connectivity index (χ0n) is 36.9. The molecular formula is C62H31N5S3. The van der Waals surface area contributed by atoms with E-state index in [0.29, 0.717) is 16.9 Å². The molecule has 5 nitrogen and oxygen atoms in total. The van der Waals surface area contributed by atoms with Crippen LogP contribution in [-0.4, -0.2) is 13.7 Å². The average Bonchev–Trinajstić information content (AvgIpc) is 4.26. The van der Waals surface area contributed by atoms with E-state index in [4.69, 9.17) is 0 Å². The Labute approximate surface area is 410 Å². The highest BCUT2D eigenvalue weighted by molar-refractivity contribution is 7.26. The summed E-state index contributed by atoms with van der Waals surface area (Å²) >= 11 is 5.37. The molecular weight excluding hydrogens is 911 g/mol. The SMILES string of the molecule is [C-]#[N+]c1c(-n2c3ccccc3c3ccc4sc5ccccc5c4c32)cc(-n2c3ccccc3c3ccc4sc5ccccc5c4c32)c(C#N)c1-n1c2ccccc2c2ccc3sc4ccccc4c3c21. The lowest BCUT2D eigenvalue weighted by molar-refractivity contribution is 1.10. The molecule has 0 bridgehead atoms. The smallest absolute Gasteiger partial charge is 0.235 e. The maximum absolute atomic E-state index is 12.2. The molecule has 0 saturated carbocycles. The molecule has 0 N–H and O–H groups in total. The molecule has 322 valence electrons. The Morgan fingerprint density at radius 1 is 0.371 bits per heavy atom. The summed E-state index contributed by atoms with van der Waals surface area (Å²) in [6.07, 6.45) is 0. The second-order valence-electron chi connectivity index (χ2n) is 18.1. The van der Waals surface area contributed by atoms with Crippen LogP contribution in [0.3, 0.4) is 0 Å². The van der Waals surface area contributed by atoms with Gasteiger partial charge in [-0.15, -0.1) is 34.0 Å². The van der Waals surface area contributed by atoms with Crippen LogP contribution in [0.25, 0.3) is 148 Å². The largest absolute Gasteiger partial charge is 0.318 e. The highest BCUT2D eigenvalue weighted by Gasteiger charge is 2.31. The third-order valence-corrected chi connectivity index (χ3v) is 18.1. The zero-order valence-corrected chi connectivity index (χ0v) is 39.3. The molecule has 8 heteroatoms. The van der Waals surface area contributed by atoms with E-state index in [0.717, 1.165) is 103 Å². The maximum Gasteiger partial charge on any atom is 0.235 e. The Morgan fingerprint density at radius 3 is 1.14 bits per heavy atom. The summed E-state index contributed by atoms with van der Waals surface area (Å²) in [6, 6.07) is 70.1. The van der Waals surface area contributed by atoms with Gasteiger partial charge in [-0.2, -0.15) is 5.26 Å². The number of benzene rings is 10. The number of nitriles is 1. The number of thiophene rings is 3. The van der Waals surface area contributed by atoms with E-state index >= 15 is 0 Å². The Kier molecular flexibility index (Phi) is 7.60. The van der Waals surface area contributed by atoms with Gasteiger partial charge < -0.3 is 13.7 Å². The third-order valence-electron chi connectivity index (χ3n) is 14.7. The van der Waals surface area contributed by atoms with Gasteiger partial charge in [0, 0.05) is 92.8 Å². The number of hydrogen-bond donors (Lipinski definition) is 0. The molecule has 0 fully saturated rings. The van der Waals surface area contributed by atoms with E-state index in [1.807, 2.05) is 0 Å². The first-order valence-corrected chi connectivity index (χ1v) is 25.6. The minimum absolute atomic E-state index is 0.408. The number of fused-ring (bicyclic) bond motifs is 21. The molecule has 0 aliphatic heterocycles. The highest BCUT2D eigenvalue weighted by Crippen LogP contribution is 2.51. The topological polar surface area (TPSA) is 42.9 Å². The van der Waals surface area contributed by atoms with Gasteiger partial charge in [-0.3, -0.25) is 0 Å². The predicted octanol–water partition coefficient (Wildman–Crippen LogP) is 18.5. The second kappa shape index (κ2) is 13.9. The normalized spacial score (nSPS) is 12.3. The van der Waals surface area contributed by atoms with Crippen LogP contribution in [0.2, 0.25) is 0 Å². The molecule has 16 aromatic rings. The Bertz CT molecular complexity index is 4890. The van der Waals surface area contributed by atoms with Crippen LogP contribution in [0, 0.1) is 17.9 Å². The van der Waals surface area contributed by atoms with Crippen LogP contribution in [-0.2, 0) is 0 Å². The molecule has 0 spiro atoms. The molecule has 70 heavy (non-hydrogen) atoms.